The molecule has 2 saturated carbocycles. The maximum atomic E-state index is 11.3. The van der Waals surface area contributed by atoms with Crippen molar-refractivity contribution in [3.63, 3.8) is 0 Å². The smallest absolute Gasteiger partial charge is 0.380 e. The van der Waals surface area contributed by atoms with E-state index in [1.165, 1.54) is 31.1 Å². The van der Waals surface area contributed by atoms with Crippen molar-refractivity contribution >= 4 is 10.3 Å². The van der Waals surface area contributed by atoms with E-state index in [0.29, 0.717) is 28.9 Å². The molecule has 0 amide bonds. The lowest BCUT2D eigenvalue weighted by Crippen LogP contribution is -2.40. The summed E-state index contributed by atoms with van der Waals surface area (Å²) in [7, 11) is -2.55. The molecule has 26 heavy (non-hydrogen) atoms. The molecule has 3 aliphatic rings. The SMILES string of the molecule is C=C1CCC2C3CCc4cc(OS(N)(=O)=O)c(OC)cc4C3CC[C@]12C. The van der Waals surface area contributed by atoms with Gasteiger partial charge >= 0.3 is 10.3 Å². The zero-order valence-electron chi connectivity index (χ0n) is 15.5. The summed E-state index contributed by atoms with van der Waals surface area (Å²) < 4.78 is 33.0. The van der Waals surface area contributed by atoms with Gasteiger partial charge in [-0.25, -0.2) is 0 Å². The van der Waals surface area contributed by atoms with Gasteiger partial charge in [0.2, 0.25) is 0 Å². The number of hydrogen-bond acceptors (Lipinski definition) is 4. The van der Waals surface area contributed by atoms with Crippen LogP contribution in [0.3, 0.4) is 0 Å². The maximum Gasteiger partial charge on any atom is 0.380 e. The summed E-state index contributed by atoms with van der Waals surface area (Å²) in [5.74, 6) is 2.48. The van der Waals surface area contributed by atoms with Gasteiger partial charge in [-0.15, -0.1) is 0 Å². The first-order valence-corrected chi connectivity index (χ1v) is 10.8. The molecule has 2 fully saturated rings. The van der Waals surface area contributed by atoms with Crippen LogP contribution in [0.4, 0.5) is 0 Å². The van der Waals surface area contributed by atoms with Crippen molar-refractivity contribution < 1.29 is 17.3 Å². The largest absolute Gasteiger partial charge is 0.493 e. The lowest BCUT2D eigenvalue weighted by Gasteiger charge is -2.49. The molecule has 3 unspecified atom stereocenters. The number of fused-ring (bicyclic) bond motifs is 5. The fourth-order valence-electron chi connectivity index (χ4n) is 5.83. The first-order valence-electron chi connectivity index (χ1n) is 9.34. The number of aryl methyl sites for hydroxylation is 1. The molecule has 2 N–H and O–H groups in total. The summed E-state index contributed by atoms with van der Waals surface area (Å²) in [5.41, 5.74) is 4.17. The van der Waals surface area contributed by atoms with Crippen molar-refractivity contribution in [1.29, 1.82) is 0 Å². The summed E-state index contributed by atoms with van der Waals surface area (Å²) >= 11 is 0. The van der Waals surface area contributed by atoms with Crippen LogP contribution in [0.25, 0.3) is 0 Å². The van der Waals surface area contributed by atoms with E-state index in [-0.39, 0.29) is 5.75 Å². The lowest BCUT2D eigenvalue weighted by atomic mass is 9.55. The monoisotopic (exact) mass is 377 g/mol. The van der Waals surface area contributed by atoms with E-state index >= 15 is 0 Å². The molecule has 0 heterocycles. The minimum absolute atomic E-state index is 0.182. The van der Waals surface area contributed by atoms with Crippen molar-refractivity contribution in [1.82, 2.24) is 0 Å². The van der Waals surface area contributed by atoms with Gasteiger partial charge in [-0.1, -0.05) is 19.1 Å². The van der Waals surface area contributed by atoms with Gasteiger partial charge in [-0.3, -0.25) is 0 Å². The zero-order valence-corrected chi connectivity index (χ0v) is 16.3. The van der Waals surface area contributed by atoms with Crippen LogP contribution in [0.5, 0.6) is 11.5 Å². The normalized spacial score (nSPS) is 33.2. The van der Waals surface area contributed by atoms with Crippen molar-refractivity contribution in [3.05, 3.63) is 35.4 Å². The highest BCUT2D eigenvalue weighted by atomic mass is 32.2. The predicted octanol–water partition coefficient (Wildman–Crippen LogP) is 3.69. The van der Waals surface area contributed by atoms with E-state index in [2.05, 4.69) is 13.5 Å². The molecule has 0 radical (unpaired) electrons. The van der Waals surface area contributed by atoms with Crippen LogP contribution in [0, 0.1) is 17.3 Å². The van der Waals surface area contributed by atoms with E-state index in [9.17, 15) is 8.42 Å². The van der Waals surface area contributed by atoms with Gasteiger partial charge in [0.05, 0.1) is 7.11 Å². The second kappa shape index (κ2) is 5.99. The first kappa shape index (κ1) is 17.9. The van der Waals surface area contributed by atoms with Crippen LogP contribution in [-0.2, 0) is 16.7 Å². The topological polar surface area (TPSA) is 78.6 Å². The van der Waals surface area contributed by atoms with Crippen LogP contribution >= 0.6 is 0 Å². The fourth-order valence-corrected chi connectivity index (χ4v) is 6.22. The van der Waals surface area contributed by atoms with Crippen LogP contribution in [0.1, 0.15) is 56.1 Å². The second-order valence-electron chi connectivity index (χ2n) is 8.29. The Hall–Kier alpha value is -1.53. The van der Waals surface area contributed by atoms with Gasteiger partial charge < -0.3 is 8.92 Å². The molecule has 0 saturated heterocycles. The molecule has 4 rings (SSSR count). The summed E-state index contributed by atoms with van der Waals surface area (Å²) in [6.45, 7) is 6.77. The van der Waals surface area contributed by atoms with Crippen LogP contribution in [-0.4, -0.2) is 15.5 Å². The first-order chi connectivity index (χ1) is 12.2. The van der Waals surface area contributed by atoms with Crippen molar-refractivity contribution in [2.75, 3.05) is 7.11 Å². The molecular weight excluding hydrogens is 350 g/mol. The summed E-state index contributed by atoms with van der Waals surface area (Å²) in [6.07, 6.45) is 6.78. The highest BCUT2D eigenvalue weighted by Crippen LogP contribution is 2.62. The quantitative estimate of drug-likeness (QED) is 0.815. The van der Waals surface area contributed by atoms with E-state index < -0.39 is 10.3 Å². The Morgan fingerprint density at radius 3 is 2.65 bits per heavy atom. The van der Waals surface area contributed by atoms with Gasteiger partial charge in [0.15, 0.2) is 11.5 Å². The minimum atomic E-state index is -4.08. The van der Waals surface area contributed by atoms with Crippen LogP contribution in [0.15, 0.2) is 24.3 Å². The van der Waals surface area contributed by atoms with E-state index in [1.807, 2.05) is 6.07 Å². The highest BCUT2D eigenvalue weighted by molar-refractivity contribution is 7.84. The van der Waals surface area contributed by atoms with Gasteiger partial charge in [0.25, 0.3) is 0 Å². The Kier molecular flexibility index (Phi) is 4.12. The number of hydrogen-bond donors (Lipinski definition) is 1. The zero-order chi connectivity index (χ0) is 18.7. The minimum Gasteiger partial charge on any atom is -0.493 e. The molecule has 0 aromatic heterocycles. The van der Waals surface area contributed by atoms with E-state index in [4.69, 9.17) is 14.1 Å². The molecule has 5 nitrogen and oxygen atoms in total. The number of methoxy groups -OCH3 is 1. The van der Waals surface area contributed by atoms with Crippen LogP contribution < -0.4 is 14.1 Å². The summed E-state index contributed by atoms with van der Waals surface area (Å²) in [4.78, 5) is 0. The lowest BCUT2D eigenvalue weighted by molar-refractivity contribution is 0.0815. The average Bonchev–Trinajstić information content (AvgIpc) is 2.88. The van der Waals surface area contributed by atoms with Crippen molar-refractivity contribution in [2.45, 2.75) is 51.4 Å². The number of benzene rings is 1. The van der Waals surface area contributed by atoms with Crippen LogP contribution in [0.2, 0.25) is 0 Å². The highest BCUT2D eigenvalue weighted by Gasteiger charge is 2.52. The molecule has 1 aromatic rings. The van der Waals surface area contributed by atoms with Gasteiger partial charge in [-0.2, -0.15) is 13.6 Å². The molecule has 3 aliphatic carbocycles. The molecular formula is C20H27NO4S. The number of allylic oxidation sites excluding steroid dienone is 1. The maximum absolute atomic E-state index is 11.3. The molecule has 1 aromatic carbocycles. The Morgan fingerprint density at radius 1 is 1.19 bits per heavy atom. The van der Waals surface area contributed by atoms with Crippen molar-refractivity contribution in [2.24, 2.45) is 22.4 Å². The van der Waals surface area contributed by atoms with Gasteiger partial charge in [0, 0.05) is 0 Å². The Bertz CT molecular complexity index is 863. The fraction of sp³-hybridized carbons (Fsp3) is 0.600. The van der Waals surface area contributed by atoms with Gasteiger partial charge in [0.1, 0.15) is 0 Å². The standard InChI is InChI=1S/C20H27NO4S/c1-12-4-7-17-15-6-5-13-10-19(25-26(21,22)23)18(24-3)11-16(13)14(15)8-9-20(12,17)2/h10-11,14-15,17H,1,4-9H2,2-3H3,(H2,21,22,23)/t14?,15?,17?,20-/m1/s1. The third kappa shape index (κ3) is 2.74. The predicted molar refractivity (Wildman–Crippen MR) is 100 cm³/mol. The van der Waals surface area contributed by atoms with E-state index in [0.717, 1.165) is 31.2 Å². The average molecular weight is 378 g/mol. The molecule has 6 heteroatoms. The Balaban J connectivity index is 1.72. The Morgan fingerprint density at radius 2 is 1.96 bits per heavy atom. The third-order valence-corrected chi connectivity index (χ3v) is 7.58. The third-order valence-electron chi connectivity index (χ3n) is 7.17. The number of rotatable bonds is 3. The van der Waals surface area contributed by atoms with E-state index in [1.54, 1.807) is 6.07 Å². The second-order valence-corrected chi connectivity index (χ2v) is 9.44. The number of ether oxygens (including phenoxy) is 1. The molecule has 0 bridgehead atoms. The summed E-state index contributed by atoms with van der Waals surface area (Å²) in [6, 6.07) is 3.77. The molecule has 0 spiro atoms. The molecule has 0 aliphatic heterocycles. The molecule has 4 atom stereocenters. The molecule has 142 valence electrons. The van der Waals surface area contributed by atoms with Crippen molar-refractivity contribution in [3.8, 4) is 11.5 Å². The summed E-state index contributed by atoms with van der Waals surface area (Å²) in [5, 5.41) is 5.05. The number of nitrogens with two attached hydrogens (primary N) is 1. The van der Waals surface area contributed by atoms with Gasteiger partial charge in [-0.05, 0) is 85.0 Å². The Labute approximate surface area is 155 Å².